The van der Waals surface area contributed by atoms with E-state index in [-0.39, 0.29) is 5.92 Å². The minimum atomic E-state index is -1.59. The van der Waals surface area contributed by atoms with Crippen molar-refractivity contribution >= 4 is 0 Å². The first-order valence-electron chi connectivity index (χ1n) is 2.99. The van der Waals surface area contributed by atoms with Crippen LogP contribution in [0, 0.1) is 12.8 Å². The summed E-state index contributed by atoms with van der Waals surface area (Å²) >= 11 is 0. The highest BCUT2D eigenvalue weighted by Crippen LogP contribution is 2.10. The Morgan fingerprint density at radius 2 is 2.22 bits per heavy atom. The van der Waals surface area contributed by atoms with Gasteiger partial charge in [-0.05, 0) is 18.4 Å². The molecule has 1 unspecified atom stereocenters. The summed E-state index contributed by atoms with van der Waals surface area (Å²) in [7, 11) is 0. The summed E-state index contributed by atoms with van der Waals surface area (Å²) in [6.45, 7) is 5.31. The fraction of sp³-hybridized carbons (Fsp3) is 0.571. The van der Waals surface area contributed by atoms with Gasteiger partial charge in [-0.1, -0.05) is 20.3 Å². The maximum Gasteiger partial charge on any atom is 0.266 e. The van der Waals surface area contributed by atoms with Crippen LogP contribution in [0.1, 0.15) is 19.8 Å². The molecule has 0 rings (SSSR count). The largest absolute Gasteiger partial charge is 0.266 e. The van der Waals surface area contributed by atoms with Gasteiger partial charge in [-0.15, -0.1) is 0 Å². The van der Waals surface area contributed by atoms with Crippen molar-refractivity contribution in [3.8, 4) is 0 Å². The quantitative estimate of drug-likeness (QED) is 0.555. The van der Waals surface area contributed by atoms with Gasteiger partial charge in [0.15, 0.2) is 0 Å². The van der Waals surface area contributed by atoms with E-state index in [2.05, 4.69) is 6.92 Å². The summed E-state index contributed by atoms with van der Waals surface area (Å²) in [5.41, 5.74) is 0. The first kappa shape index (κ1) is 8.60. The van der Waals surface area contributed by atoms with Crippen LogP contribution in [0.25, 0.3) is 0 Å². The van der Waals surface area contributed by atoms with Gasteiger partial charge in [0.05, 0.1) is 0 Å². The smallest absolute Gasteiger partial charge is 0.174 e. The molecule has 0 aliphatic rings. The third-order valence-corrected chi connectivity index (χ3v) is 1.07. The summed E-state index contributed by atoms with van der Waals surface area (Å²) in [4.78, 5) is 0. The molecule has 2 heteroatoms. The van der Waals surface area contributed by atoms with E-state index >= 15 is 0 Å². The van der Waals surface area contributed by atoms with Crippen LogP contribution in [-0.2, 0) is 0 Å². The summed E-state index contributed by atoms with van der Waals surface area (Å²) in [5.74, 6) is -0.0347. The Balaban J connectivity index is 3.49. The second-order valence-electron chi connectivity index (χ2n) is 2.08. The van der Waals surface area contributed by atoms with E-state index < -0.39 is 6.08 Å². The van der Waals surface area contributed by atoms with Crippen molar-refractivity contribution in [1.82, 2.24) is 0 Å². The average molecular weight is 133 g/mol. The first-order valence-corrected chi connectivity index (χ1v) is 2.99. The van der Waals surface area contributed by atoms with Crippen molar-refractivity contribution in [1.29, 1.82) is 0 Å². The third kappa shape index (κ3) is 5.47. The fourth-order valence-electron chi connectivity index (χ4n) is 0.620. The zero-order valence-corrected chi connectivity index (χ0v) is 5.53. The third-order valence-electron chi connectivity index (χ3n) is 1.07. The average Bonchev–Trinajstić information content (AvgIpc) is 1.63. The standard InChI is InChI=1S/C7H11F2/c1-3-4-6(2)5-7(8)9/h5-6H,1,3-4H2,2H3. The van der Waals surface area contributed by atoms with Crippen molar-refractivity contribution < 1.29 is 8.78 Å². The van der Waals surface area contributed by atoms with Crippen LogP contribution in [0.15, 0.2) is 12.2 Å². The second kappa shape index (κ2) is 4.48. The van der Waals surface area contributed by atoms with E-state index in [0.29, 0.717) is 6.42 Å². The molecule has 0 bridgehead atoms. The van der Waals surface area contributed by atoms with Gasteiger partial charge in [0.25, 0.3) is 6.08 Å². The van der Waals surface area contributed by atoms with E-state index in [1.165, 1.54) is 0 Å². The lowest BCUT2D eigenvalue weighted by Gasteiger charge is -1.99. The lowest BCUT2D eigenvalue weighted by molar-refractivity contribution is 0.408. The van der Waals surface area contributed by atoms with Crippen LogP contribution >= 0.6 is 0 Å². The van der Waals surface area contributed by atoms with Gasteiger partial charge in [0.2, 0.25) is 0 Å². The lowest BCUT2D eigenvalue weighted by Crippen LogP contribution is -1.87. The summed E-state index contributed by atoms with van der Waals surface area (Å²) < 4.78 is 22.9. The van der Waals surface area contributed by atoms with Gasteiger partial charge in [0.1, 0.15) is 0 Å². The van der Waals surface area contributed by atoms with E-state index in [1.54, 1.807) is 6.92 Å². The maximum absolute atomic E-state index is 11.4. The zero-order chi connectivity index (χ0) is 7.28. The molecule has 0 saturated carbocycles. The highest BCUT2D eigenvalue weighted by atomic mass is 19.3. The normalized spacial score (nSPS) is 12.9. The number of hydrogen-bond donors (Lipinski definition) is 0. The molecule has 0 N–H and O–H groups in total. The number of hydrogen-bond acceptors (Lipinski definition) is 0. The Morgan fingerprint density at radius 1 is 1.67 bits per heavy atom. The Hall–Kier alpha value is -0.400. The van der Waals surface area contributed by atoms with Crippen LogP contribution < -0.4 is 0 Å². The van der Waals surface area contributed by atoms with E-state index in [0.717, 1.165) is 12.5 Å². The lowest BCUT2D eigenvalue weighted by atomic mass is 10.1. The predicted octanol–water partition coefficient (Wildman–Crippen LogP) is 3.02. The van der Waals surface area contributed by atoms with Crippen molar-refractivity contribution in [3.05, 3.63) is 19.1 Å². The van der Waals surface area contributed by atoms with Crippen molar-refractivity contribution in [2.24, 2.45) is 5.92 Å². The molecular formula is C7H11F2. The summed E-state index contributed by atoms with van der Waals surface area (Å²) in [6, 6.07) is 0. The van der Waals surface area contributed by atoms with Gasteiger partial charge in [-0.3, -0.25) is 0 Å². The molecule has 0 nitrogen and oxygen atoms in total. The molecule has 0 aliphatic carbocycles. The SMILES string of the molecule is [CH2]CCC(C)C=C(F)F. The monoisotopic (exact) mass is 133 g/mol. The predicted molar refractivity (Wildman–Crippen MR) is 34.1 cm³/mol. The van der Waals surface area contributed by atoms with Gasteiger partial charge in [0, 0.05) is 0 Å². The van der Waals surface area contributed by atoms with Crippen LogP contribution in [0.5, 0.6) is 0 Å². The molecule has 1 radical (unpaired) electrons. The summed E-state index contributed by atoms with van der Waals surface area (Å²) in [5, 5.41) is 0. The second-order valence-corrected chi connectivity index (χ2v) is 2.08. The number of rotatable bonds is 3. The minimum Gasteiger partial charge on any atom is -0.174 e. The van der Waals surface area contributed by atoms with Gasteiger partial charge in [-0.2, -0.15) is 8.78 Å². The Bertz CT molecular complexity index is 93.1. The molecule has 1 atom stereocenters. The van der Waals surface area contributed by atoms with Gasteiger partial charge < -0.3 is 0 Å². The Morgan fingerprint density at radius 3 is 2.56 bits per heavy atom. The number of halogens is 2. The molecule has 0 heterocycles. The van der Waals surface area contributed by atoms with Gasteiger partial charge >= 0.3 is 0 Å². The maximum atomic E-state index is 11.4. The zero-order valence-electron chi connectivity index (χ0n) is 5.53. The molecule has 9 heavy (non-hydrogen) atoms. The molecule has 0 aliphatic heterocycles. The highest BCUT2D eigenvalue weighted by Gasteiger charge is 1.97. The number of allylic oxidation sites excluding steroid dienone is 1. The van der Waals surface area contributed by atoms with E-state index in [4.69, 9.17) is 0 Å². The van der Waals surface area contributed by atoms with Crippen molar-refractivity contribution in [3.63, 3.8) is 0 Å². The van der Waals surface area contributed by atoms with Crippen LogP contribution in [0.2, 0.25) is 0 Å². The Labute approximate surface area is 54.6 Å². The molecule has 0 amide bonds. The minimum absolute atomic E-state index is 0.0347. The van der Waals surface area contributed by atoms with E-state index in [9.17, 15) is 8.78 Å². The molecule has 0 fully saturated rings. The van der Waals surface area contributed by atoms with Crippen LogP contribution in [0.4, 0.5) is 8.78 Å². The summed E-state index contributed by atoms with van der Waals surface area (Å²) in [6.07, 6.45) is 0.823. The van der Waals surface area contributed by atoms with Gasteiger partial charge in [-0.25, -0.2) is 0 Å². The first-order chi connectivity index (χ1) is 4.16. The van der Waals surface area contributed by atoms with Crippen LogP contribution in [0.3, 0.4) is 0 Å². The molecule has 0 aromatic rings. The highest BCUT2D eigenvalue weighted by molar-refractivity contribution is 4.85. The molecule has 0 aromatic heterocycles. The van der Waals surface area contributed by atoms with Crippen LogP contribution in [-0.4, -0.2) is 0 Å². The molecule has 0 aromatic carbocycles. The van der Waals surface area contributed by atoms with E-state index in [1.807, 2.05) is 0 Å². The Kier molecular flexibility index (Phi) is 4.28. The van der Waals surface area contributed by atoms with Crippen molar-refractivity contribution in [2.75, 3.05) is 0 Å². The molecule has 53 valence electrons. The molecule has 0 saturated heterocycles. The molecule has 0 spiro atoms. The topological polar surface area (TPSA) is 0 Å². The fourth-order valence-corrected chi connectivity index (χ4v) is 0.620. The molecular weight excluding hydrogens is 122 g/mol. The van der Waals surface area contributed by atoms with Crippen molar-refractivity contribution in [2.45, 2.75) is 19.8 Å².